The number of carbonyl (C=O) groups excluding carboxylic acids is 1. The summed E-state index contributed by atoms with van der Waals surface area (Å²) in [6.07, 6.45) is 3.04. The molecule has 2 fully saturated rings. The average molecular weight is 377 g/mol. The van der Waals surface area contributed by atoms with Crippen molar-refractivity contribution >= 4 is 11.7 Å². The van der Waals surface area contributed by atoms with Gasteiger partial charge < -0.3 is 20.2 Å². The maximum absolute atomic E-state index is 12.9. The molecule has 146 valence electrons. The molecule has 2 heterocycles. The molecule has 2 bridgehead atoms. The summed E-state index contributed by atoms with van der Waals surface area (Å²) in [5, 5.41) is 13.2. The smallest absolute Gasteiger partial charge is 0.321 e. The number of benzene rings is 2. The second kappa shape index (κ2) is 6.52. The minimum atomic E-state index is -0.0107. The molecule has 2 aromatic rings. The molecular weight excluding hydrogens is 350 g/mol. The van der Waals surface area contributed by atoms with Crippen LogP contribution in [0, 0.1) is 5.92 Å². The summed E-state index contributed by atoms with van der Waals surface area (Å²) >= 11 is 0. The first kappa shape index (κ1) is 17.6. The van der Waals surface area contributed by atoms with E-state index in [1.165, 1.54) is 11.1 Å². The molecule has 1 aliphatic carbocycles. The van der Waals surface area contributed by atoms with Gasteiger partial charge in [-0.05, 0) is 68.2 Å². The van der Waals surface area contributed by atoms with Crippen molar-refractivity contribution in [1.82, 2.24) is 9.80 Å². The third-order valence-electron chi connectivity index (χ3n) is 7.27. The van der Waals surface area contributed by atoms with E-state index in [2.05, 4.69) is 23.3 Å². The number of hydrogen-bond donors (Lipinski definition) is 2. The number of fused-ring (bicyclic) bond motifs is 1. The van der Waals surface area contributed by atoms with Gasteiger partial charge in [-0.25, -0.2) is 4.79 Å². The number of anilines is 1. The first-order chi connectivity index (χ1) is 13.6. The van der Waals surface area contributed by atoms with Gasteiger partial charge in [0.15, 0.2) is 0 Å². The van der Waals surface area contributed by atoms with Gasteiger partial charge in [-0.15, -0.1) is 0 Å². The predicted molar refractivity (Wildman–Crippen MR) is 110 cm³/mol. The summed E-state index contributed by atoms with van der Waals surface area (Å²) in [6, 6.07) is 16.0. The lowest BCUT2D eigenvalue weighted by molar-refractivity contribution is -0.0153. The van der Waals surface area contributed by atoms with Gasteiger partial charge in [0.2, 0.25) is 0 Å². The topological polar surface area (TPSA) is 55.8 Å². The molecule has 0 radical (unpaired) electrons. The molecule has 5 nitrogen and oxygen atoms in total. The Hall–Kier alpha value is -2.53. The van der Waals surface area contributed by atoms with Crippen LogP contribution < -0.4 is 5.32 Å². The number of para-hydroxylation sites is 1. The van der Waals surface area contributed by atoms with Gasteiger partial charge in [0.1, 0.15) is 5.75 Å². The molecule has 28 heavy (non-hydrogen) atoms. The Morgan fingerprint density at radius 1 is 1.14 bits per heavy atom. The Morgan fingerprint density at radius 3 is 2.75 bits per heavy atom. The Morgan fingerprint density at radius 2 is 1.93 bits per heavy atom. The molecule has 2 aliphatic heterocycles. The summed E-state index contributed by atoms with van der Waals surface area (Å²) < 4.78 is 0. The highest BCUT2D eigenvalue weighted by molar-refractivity contribution is 5.89. The molecular formula is C23H27N3O2. The number of amides is 2. The second-order valence-electron chi connectivity index (χ2n) is 8.60. The van der Waals surface area contributed by atoms with Gasteiger partial charge in [-0.2, -0.15) is 0 Å². The number of phenolic OH excluding ortho intramolecular Hbond substituents is 1. The summed E-state index contributed by atoms with van der Waals surface area (Å²) in [4.78, 5) is 17.4. The maximum Gasteiger partial charge on any atom is 0.321 e. The third-order valence-corrected chi connectivity index (χ3v) is 7.27. The molecule has 2 saturated heterocycles. The number of rotatable bonds is 1. The Balaban J connectivity index is 1.44. The number of likely N-dealkylation sites (N-methyl/N-ethyl adjacent to an activating group) is 1. The van der Waals surface area contributed by atoms with E-state index in [1.807, 2.05) is 47.4 Å². The van der Waals surface area contributed by atoms with E-state index >= 15 is 0 Å². The lowest BCUT2D eigenvalue weighted by Crippen LogP contribution is -2.65. The van der Waals surface area contributed by atoms with Crippen LogP contribution in [0.1, 0.15) is 24.0 Å². The van der Waals surface area contributed by atoms with E-state index in [0.717, 1.165) is 44.6 Å². The van der Waals surface area contributed by atoms with Crippen LogP contribution in [0.2, 0.25) is 0 Å². The molecule has 0 spiro atoms. The third kappa shape index (κ3) is 2.68. The van der Waals surface area contributed by atoms with E-state index in [4.69, 9.17) is 0 Å². The zero-order chi connectivity index (χ0) is 19.3. The van der Waals surface area contributed by atoms with E-state index in [9.17, 15) is 9.90 Å². The zero-order valence-corrected chi connectivity index (χ0v) is 16.3. The number of hydrogen-bond acceptors (Lipinski definition) is 3. The number of nitrogens with one attached hydrogen (secondary N) is 1. The largest absolute Gasteiger partial charge is 0.508 e. The standard InChI is InChI=1S/C23H27N3O2/c1-25-11-9-23-10-12-26(22(28)24-17-5-3-2-4-6-17)15-20(23)21(25)13-16-7-8-18(27)14-19(16)23/h2-8,14,20-21,27H,9-13,15H2,1H3,(H,24,28)/t20-,21+,23?/m0/s1. The van der Waals surface area contributed by atoms with Gasteiger partial charge in [-0.1, -0.05) is 24.3 Å². The number of phenols is 1. The van der Waals surface area contributed by atoms with Gasteiger partial charge >= 0.3 is 6.03 Å². The van der Waals surface area contributed by atoms with E-state index < -0.39 is 0 Å². The first-order valence-corrected chi connectivity index (χ1v) is 10.2. The summed E-state index contributed by atoms with van der Waals surface area (Å²) in [5.74, 6) is 0.754. The predicted octanol–water partition coefficient (Wildman–Crippen LogP) is 3.44. The van der Waals surface area contributed by atoms with Crippen molar-refractivity contribution in [2.75, 3.05) is 32.0 Å². The minimum Gasteiger partial charge on any atom is -0.508 e. The number of carbonyl (C=O) groups is 1. The fourth-order valence-electron chi connectivity index (χ4n) is 5.78. The lowest BCUT2D eigenvalue weighted by atomic mass is 9.54. The van der Waals surface area contributed by atoms with Crippen molar-refractivity contribution in [2.24, 2.45) is 5.92 Å². The zero-order valence-electron chi connectivity index (χ0n) is 16.3. The van der Waals surface area contributed by atoms with Crippen LogP contribution in [0.15, 0.2) is 48.5 Å². The van der Waals surface area contributed by atoms with Gasteiger partial charge in [0, 0.05) is 36.2 Å². The van der Waals surface area contributed by atoms with Crippen LogP contribution >= 0.6 is 0 Å². The Bertz CT molecular complexity index is 900. The van der Waals surface area contributed by atoms with E-state index in [1.54, 1.807) is 0 Å². The van der Waals surface area contributed by atoms with Crippen LogP contribution in [0.4, 0.5) is 10.5 Å². The van der Waals surface area contributed by atoms with Crippen molar-refractivity contribution in [2.45, 2.75) is 30.7 Å². The minimum absolute atomic E-state index is 0.0107. The van der Waals surface area contributed by atoms with Gasteiger partial charge in [0.05, 0.1) is 0 Å². The molecule has 3 aliphatic rings. The molecule has 5 rings (SSSR count). The van der Waals surface area contributed by atoms with Gasteiger partial charge in [-0.3, -0.25) is 0 Å². The van der Waals surface area contributed by atoms with Crippen LogP contribution in [-0.2, 0) is 11.8 Å². The second-order valence-corrected chi connectivity index (χ2v) is 8.60. The molecule has 0 aromatic heterocycles. The van der Waals surface area contributed by atoms with Crippen molar-refractivity contribution < 1.29 is 9.90 Å². The summed E-state index contributed by atoms with van der Waals surface area (Å²) in [7, 11) is 2.21. The van der Waals surface area contributed by atoms with Crippen molar-refractivity contribution in [3.63, 3.8) is 0 Å². The molecule has 5 heteroatoms. The Kier molecular flexibility index (Phi) is 4.09. The van der Waals surface area contributed by atoms with Crippen LogP contribution in [0.5, 0.6) is 5.75 Å². The van der Waals surface area contributed by atoms with Crippen LogP contribution in [-0.4, -0.2) is 53.7 Å². The lowest BCUT2D eigenvalue weighted by Gasteiger charge is -2.59. The quantitative estimate of drug-likeness (QED) is 0.800. The van der Waals surface area contributed by atoms with Crippen molar-refractivity contribution in [3.8, 4) is 5.75 Å². The number of nitrogens with zero attached hydrogens (tertiary/aromatic N) is 2. The van der Waals surface area contributed by atoms with E-state index in [0.29, 0.717) is 17.7 Å². The van der Waals surface area contributed by atoms with Crippen molar-refractivity contribution in [3.05, 3.63) is 59.7 Å². The average Bonchev–Trinajstić information content (AvgIpc) is 2.71. The molecule has 2 amide bonds. The summed E-state index contributed by atoms with van der Waals surface area (Å²) in [5.41, 5.74) is 3.61. The summed E-state index contributed by atoms with van der Waals surface area (Å²) in [6.45, 7) is 2.59. The fraction of sp³-hybridized carbons (Fsp3) is 0.435. The highest BCUT2D eigenvalue weighted by Gasteiger charge is 2.55. The highest BCUT2D eigenvalue weighted by Crippen LogP contribution is 2.53. The monoisotopic (exact) mass is 377 g/mol. The van der Waals surface area contributed by atoms with Crippen LogP contribution in [0.3, 0.4) is 0 Å². The molecule has 1 unspecified atom stereocenters. The normalized spacial score (nSPS) is 29.0. The number of likely N-dealkylation sites (tertiary alicyclic amines) is 2. The van der Waals surface area contributed by atoms with Crippen LogP contribution in [0.25, 0.3) is 0 Å². The SMILES string of the molecule is CN1CCC23CCN(C(=O)Nc4ccccc4)C[C@H]2[C@H]1Cc1ccc(O)cc13. The first-order valence-electron chi connectivity index (χ1n) is 10.2. The number of urea groups is 1. The molecule has 3 atom stereocenters. The van der Waals surface area contributed by atoms with E-state index in [-0.39, 0.29) is 11.4 Å². The molecule has 0 saturated carbocycles. The van der Waals surface area contributed by atoms with Gasteiger partial charge in [0.25, 0.3) is 0 Å². The molecule has 2 aromatic carbocycles. The Labute approximate surface area is 166 Å². The highest BCUT2D eigenvalue weighted by atomic mass is 16.3. The van der Waals surface area contributed by atoms with Crippen molar-refractivity contribution in [1.29, 1.82) is 0 Å². The number of aromatic hydroxyl groups is 1. The maximum atomic E-state index is 12.9. The fourth-order valence-corrected chi connectivity index (χ4v) is 5.78. The number of piperidine rings is 2. The molecule has 2 N–H and O–H groups in total.